The number of amides is 1. The lowest BCUT2D eigenvalue weighted by molar-refractivity contribution is -0.274. The number of pyridine rings is 1. The first-order valence-electron chi connectivity index (χ1n) is 10.0. The molecule has 0 aliphatic heterocycles. The van der Waals surface area contributed by atoms with Crippen LogP contribution >= 0.6 is 0 Å². The highest BCUT2D eigenvalue weighted by Gasteiger charge is 2.41. The molecule has 0 fully saturated rings. The number of rotatable bonds is 6. The van der Waals surface area contributed by atoms with E-state index in [1.807, 2.05) is 0 Å². The number of benzene rings is 2. The third kappa shape index (κ3) is 6.18. The molecule has 0 atom stereocenters. The summed E-state index contributed by atoms with van der Waals surface area (Å²) in [5.74, 6) is -2.11. The van der Waals surface area contributed by atoms with Gasteiger partial charge < -0.3 is 4.74 Å². The van der Waals surface area contributed by atoms with E-state index in [-0.39, 0.29) is 16.8 Å². The summed E-state index contributed by atoms with van der Waals surface area (Å²) >= 11 is 0. The lowest BCUT2D eigenvalue weighted by Crippen LogP contribution is -2.34. The number of carbonyl (C=O) groups excluding carboxylic acids is 1. The van der Waals surface area contributed by atoms with Crippen LogP contribution in [0.5, 0.6) is 5.75 Å². The second-order valence-electron chi connectivity index (χ2n) is 7.43. The first-order chi connectivity index (χ1) is 17.1. The van der Waals surface area contributed by atoms with E-state index in [4.69, 9.17) is 0 Å². The van der Waals surface area contributed by atoms with E-state index in [0.29, 0.717) is 17.2 Å². The Morgan fingerprint density at radius 1 is 1.03 bits per heavy atom. The molecule has 0 unspecified atom stereocenters. The van der Waals surface area contributed by atoms with Crippen molar-refractivity contribution in [2.75, 3.05) is 17.7 Å². The molecule has 37 heavy (non-hydrogen) atoms. The molecule has 0 radical (unpaired) electrons. The number of para-hydroxylation sites is 1. The summed E-state index contributed by atoms with van der Waals surface area (Å²) in [7, 11) is -4.44. The largest absolute Gasteiger partial charge is 0.573 e. The zero-order chi connectivity index (χ0) is 27.6. The van der Waals surface area contributed by atoms with Crippen LogP contribution in [0.15, 0.2) is 65.8 Å². The monoisotopic (exact) mass is 543 g/mol. The van der Waals surface area contributed by atoms with Crippen molar-refractivity contribution in [1.29, 1.82) is 5.26 Å². The zero-order valence-electron chi connectivity index (χ0n) is 18.6. The number of nitriles is 1. The predicted octanol–water partition coefficient (Wildman–Crippen LogP) is 5.24. The minimum atomic E-state index is -5.28. The SMILES string of the molecule is CS(=O)(=O)c1cccc(C(=O)N(CC#N)c2cnccc2-c2ccccc2OC(F)(F)F)c1C(F)(F)F. The van der Waals surface area contributed by atoms with Crippen molar-refractivity contribution >= 4 is 21.4 Å². The van der Waals surface area contributed by atoms with Crippen molar-refractivity contribution in [1.82, 2.24) is 4.98 Å². The number of anilines is 1. The van der Waals surface area contributed by atoms with Gasteiger partial charge in [0.2, 0.25) is 0 Å². The number of ether oxygens (including phenoxy) is 1. The quantitative estimate of drug-likeness (QED) is 0.312. The molecule has 0 spiro atoms. The maximum Gasteiger partial charge on any atom is 0.573 e. The fourth-order valence-electron chi connectivity index (χ4n) is 3.53. The average Bonchev–Trinajstić information content (AvgIpc) is 2.80. The number of hydrogen-bond donors (Lipinski definition) is 0. The Hall–Kier alpha value is -4.12. The van der Waals surface area contributed by atoms with Gasteiger partial charge in [-0.1, -0.05) is 24.3 Å². The van der Waals surface area contributed by atoms with Crippen molar-refractivity contribution in [3.63, 3.8) is 0 Å². The maximum absolute atomic E-state index is 14.0. The number of sulfone groups is 1. The highest BCUT2D eigenvalue weighted by Crippen LogP contribution is 2.41. The van der Waals surface area contributed by atoms with Crippen LogP contribution in [-0.4, -0.2) is 38.5 Å². The molecule has 194 valence electrons. The van der Waals surface area contributed by atoms with Crippen molar-refractivity contribution in [3.05, 3.63) is 72.1 Å². The summed E-state index contributed by atoms with van der Waals surface area (Å²) < 4.78 is 109. The van der Waals surface area contributed by atoms with E-state index >= 15 is 0 Å². The van der Waals surface area contributed by atoms with Gasteiger partial charge in [0.25, 0.3) is 5.91 Å². The predicted molar refractivity (Wildman–Crippen MR) is 118 cm³/mol. The molecule has 0 bridgehead atoms. The molecular formula is C23H15F6N3O4S. The van der Waals surface area contributed by atoms with Crippen LogP contribution in [0, 0.1) is 11.3 Å². The van der Waals surface area contributed by atoms with E-state index < -0.39 is 56.6 Å². The highest BCUT2D eigenvalue weighted by atomic mass is 32.2. The highest BCUT2D eigenvalue weighted by molar-refractivity contribution is 7.90. The van der Waals surface area contributed by atoms with Crippen LogP contribution < -0.4 is 9.64 Å². The number of carbonyl (C=O) groups is 1. The van der Waals surface area contributed by atoms with Gasteiger partial charge in [0.15, 0.2) is 9.84 Å². The molecule has 3 aromatic rings. The van der Waals surface area contributed by atoms with Gasteiger partial charge >= 0.3 is 12.5 Å². The number of hydrogen-bond acceptors (Lipinski definition) is 6. The van der Waals surface area contributed by atoms with Gasteiger partial charge in [0.05, 0.1) is 34.0 Å². The van der Waals surface area contributed by atoms with Gasteiger partial charge in [-0.05, 0) is 24.3 Å². The molecule has 2 aromatic carbocycles. The minimum absolute atomic E-state index is 0.119. The van der Waals surface area contributed by atoms with E-state index in [9.17, 15) is 44.8 Å². The summed E-state index contributed by atoms with van der Waals surface area (Å²) in [5.41, 5.74) is -3.46. The number of halogens is 6. The molecule has 1 heterocycles. The summed E-state index contributed by atoms with van der Waals surface area (Å²) in [5, 5.41) is 9.32. The van der Waals surface area contributed by atoms with Gasteiger partial charge in [-0.3, -0.25) is 14.7 Å². The van der Waals surface area contributed by atoms with Crippen LogP contribution in [0.4, 0.5) is 32.0 Å². The Kier molecular flexibility index (Phi) is 7.49. The van der Waals surface area contributed by atoms with Crippen LogP contribution in [0.25, 0.3) is 11.1 Å². The van der Waals surface area contributed by atoms with Crippen LogP contribution in [0.2, 0.25) is 0 Å². The van der Waals surface area contributed by atoms with Crippen LogP contribution in [0.3, 0.4) is 0 Å². The summed E-state index contributed by atoms with van der Waals surface area (Å²) in [4.78, 5) is 16.6. The lowest BCUT2D eigenvalue weighted by Gasteiger charge is -2.25. The minimum Gasteiger partial charge on any atom is -0.405 e. The Balaban J connectivity index is 2.26. The Morgan fingerprint density at radius 2 is 1.70 bits per heavy atom. The number of nitrogens with zero attached hydrogens (tertiary/aromatic N) is 3. The molecule has 0 saturated heterocycles. The molecule has 0 aliphatic rings. The Morgan fingerprint density at radius 3 is 2.30 bits per heavy atom. The van der Waals surface area contributed by atoms with E-state index in [1.165, 1.54) is 24.3 Å². The van der Waals surface area contributed by atoms with Crippen molar-refractivity contribution in [2.24, 2.45) is 0 Å². The molecule has 7 nitrogen and oxygen atoms in total. The van der Waals surface area contributed by atoms with E-state index in [2.05, 4.69) is 9.72 Å². The Bertz CT molecular complexity index is 1480. The standard InChI is InChI=1S/C23H15F6N3O4S/c1-37(34,35)19-8-4-6-16(20(19)22(24,25)26)21(33)32(12-10-30)17-13-31-11-9-14(17)15-5-2-3-7-18(15)36-23(27,28)29/h2-9,11,13H,12H2,1H3. The molecule has 1 amide bonds. The van der Waals surface area contributed by atoms with E-state index in [0.717, 1.165) is 30.6 Å². The van der Waals surface area contributed by atoms with Gasteiger partial charge in [-0.25, -0.2) is 8.42 Å². The fraction of sp³-hybridized carbons (Fsp3) is 0.174. The topological polar surface area (TPSA) is 100 Å². The zero-order valence-corrected chi connectivity index (χ0v) is 19.4. The molecule has 1 aromatic heterocycles. The maximum atomic E-state index is 14.0. The molecule has 0 saturated carbocycles. The fourth-order valence-corrected chi connectivity index (χ4v) is 4.45. The van der Waals surface area contributed by atoms with Gasteiger partial charge in [0, 0.05) is 23.6 Å². The van der Waals surface area contributed by atoms with Gasteiger partial charge in [0.1, 0.15) is 12.3 Å². The molecule has 0 aliphatic carbocycles. The third-order valence-electron chi connectivity index (χ3n) is 4.91. The van der Waals surface area contributed by atoms with Crippen molar-refractivity contribution in [3.8, 4) is 22.9 Å². The normalized spacial score (nSPS) is 12.1. The molecule has 14 heteroatoms. The van der Waals surface area contributed by atoms with Gasteiger partial charge in [-0.15, -0.1) is 13.2 Å². The first kappa shape index (κ1) is 27.5. The Labute approximate surface area is 206 Å². The second kappa shape index (κ2) is 10.1. The van der Waals surface area contributed by atoms with Crippen LogP contribution in [0.1, 0.15) is 15.9 Å². The lowest BCUT2D eigenvalue weighted by atomic mass is 10.0. The van der Waals surface area contributed by atoms with Crippen molar-refractivity contribution < 1.29 is 44.3 Å². The summed E-state index contributed by atoms with van der Waals surface area (Å²) in [6.45, 7) is -0.847. The van der Waals surface area contributed by atoms with Crippen LogP contribution in [-0.2, 0) is 16.0 Å². The van der Waals surface area contributed by atoms with Gasteiger partial charge in [-0.2, -0.15) is 18.4 Å². The number of alkyl halides is 6. The second-order valence-corrected chi connectivity index (χ2v) is 9.42. The first-order valence-corrected chi connectivity index (χ1v) is 11.9. The summed E-state index contributed by atoms with van der Waals surface area (Å²) in [6.07, 6.45) is -7.70. The molecule has 3 rings (SSSR count). The van der Waals surface area contributed by atoms with Crippen molar-refractivity contribution in [2.45, 2.75) is 17.4 Å². The number of aromatic nitrogens is 1. The average molecular weight is 543 g/mol. The smallest absolute Gasteiger partial charge is 0.405 e. The third-order valence-corrected chi connectivity index (χ3v) is 6.05. The van der Waals surface area contributed by atoms with E-state index in [1.54, 1.807) is 6.07 Å². The summed E-state index contributed by atoms with van der Waals surface area (Å²) in [6, 6.07) is 9.95. The molecular weight excluding hydrogens is 528 g/mol. The molecule has 0 N–H and O–H groups in total.